The zero-order valence-electron chi connectivity index (χ0n) is 21.6. The highest BCUT2D eigenvalue weighted by atomic mass is 28.4. The summed E-state index contributed by atoms with van der Waals surface area (Å²) in [5.74, 6) is 0. The van der Waals surface area contributed by atoms with E-state index in [9.17, 15) is 10.2 Å². The number of hydrogen-bond donors (Lipinski definition) is 2. The molecule has 182 valence electrons. The van der Waals surface area contributed by atoms with Crippen LogP contribution >= 0.6 is 0 Å². The van der Waals surface area contributed by atoms with Gasteiger partial charge in [-0.05, 0) is 55.5 Å². The molecule has 2 aliphatic rings. The Kier molecular flexibility index (Phi) is 8.50. The molecule has 0 spiro atoms. The van der Waals surface area contributed by atoms with Crippen LogP contribution in [0.4, 0.5) is 0 Å². The van der Waals surface area contributed by atoms with Crippen molar-refractivity contribution in [1.29, 1.82) is 0 Å². The van der Waals surface area contributed by atoms with Crippen LogP contribution in [0.2, 0.25) is 36.3 Å². The van der Waals surface area contributed by atoms with Crippen molar-refractivity contribution in [2.45, 2.75) is 140 Å². The summed E-state index contributed by atoms with van der Waals surface area (Å²) in [6, 6.07) is 0. The van der Waals surface area contributed by atoms with Gasteiger partial charge in [0.1, 0.15) is 6.10 Å². The number of fused-ring (bicyclic) bond motifs is 2. The molecule has 0 aliphatic carbocycles. The molecule has 5 nitrogen and oxygen atoms in total. The Hall–Kier alpha value is -0.0262. The molecule has 0 unspecified atom stereocenters. The van der Waals surface area contributed by atoms with Crippen LogP contribution in [0.3, 0.4) is 0 Å². The smallest absolute Gasteiger partial charge is 0.192 e. The van der Waals surface area contributed by atoms with Gasteiger partial charge in [0.05, 0.1) is 30.5 Å². The van der Waals surface area contributed by atoms with Gasteiger partial charge >= 0.3 is 0 Å². The summed E-state index contributed by atoms with van der Waals surface area (Å²) >= 11 is 0. The van der Waals surface area contributed by atoms with Gasteiger partial charge in [0.15, 0.2) is 16.6 Å². The monoisotopic (exact) mass is 472 g/mol. The summed E-state index contributed by atoms with van der Waals surface area (Å²) in [5.41, 5.74) is 0. The Morgan fingerprint density at radius 3 is 1.84 bits per heavy atom. The van der Waals surface area contributed by atoms with Crippen LogP contribution in [0, 0.1) is 0 Å². The normalized spacial score (nSPS) is 35.0. The van der Waals surface area contributed by atoms with Crippen molar-refractivity contribution < 1.29 is 23.8 Å². The van der Waals surface area contributed by atoms with Crippen molar-refractivity contribution in [2.24, 2.45) is 0 Å². The predicted molar refractivity (Wildman–Crippen MR) is 132 cm³/mol. The van der Waals surface area contributed by atoms with Crippen LogP contribution in [-0.4, -0.2) is 63.5 Å². The summed E-state index contributed by atoms with van der Waals surface area (Å²) in [6.45, 7) is 22.7. The van der Waals surface area contributed by atoms with Crippen LogP contribution in [0.1, 0.15) is 67.2 Å². The zero-order valence-corrected chi connectivity index (χ0v) is 23.6. The Labute approximate surface area is 192 Å². The summed E-state index contributed by atoms with van der Waals surface area (Å²) < 4.78 is 20.3. The largest absolute Gasteiger partial charge is 0.411 e. The van der Waals surface area contributed by atoms with Gasteiger partial charge in [0.2, 0.25) is 0 Å². The summed E-state index contributed by atoms with van der Waals surface area (Å²) in [5, 5.41) is 20.9. The fourth-order valence-corrected chi connectivity index (χ4v) is 6.40. The summed E-state index contributed by atoms with van der Waals surface area (Å²) in [6.07, 6.45) is 4.53. The Balaban J connectivity index is 2.35. The van der Waals surface area contributed by atoms with E-state index < -0.39 is 28.8 Å². The maximum atomic E-state index is 10.3. The highest BCUT2D eigenvalue weighted by Crippen LogP contribution is 2.43. The molecule has 0 aromatic heterocycles. The van der Waals surface area contributed by atoms with Crippen molar-refractivity contribution in [1.82, 2.24) is 0 Å². The van der Waals surface area contributed by atoms with E-state index in [4.69, 9.17) is 13.6 Å². The van der Waals surface area contributed by atoms with Crippen LogP contribution in [0.25, 0.3) is 0 Å². The molecule has 7 heteroatoms. The SMILES string of the molecule is CC(C)(C)[Si](C)(C)O[C@H]1C[C@@H](O[Si](C)(C)C(C)(C)C)[C@@H]2CC[C@H](O)[C@@H](O)C/C=C\[C@H]1O2. The minimum absolute atomic E-state index is 0.0651. The third-order valence-corrected chi connectivity index (χ3v) is 17.0. The van der Waals surface area contributed by atoms with Gasteiger partial charge in [-0.2, -0.15) is 0 Å². The second kappa shape index (κ2) is 9.68. The standard InChI is InChI=1S/C24H48O5Si2/c1-23(2,3)30(7,8)28-21-16-22(29-31(9,10)24(4,5)6)20-15-14-18(26)17(25)12-11-13-19(21)27-20/h11,13,17-22,25-26H,12,14-16H2,1-10H3/b13-11-/t17-,18-,19+,20-,21-,22+/m0/s1. The third kappa shape index (κ3) is 6.74. The second-order valence-corrected chi connectivity index (χ2v) is 22.1. The number of aliphatic hydroxyl groups excluding tert-OH is 2. The average Bonchev–Trinajstić information content (AvgIpc) is 2.58. The molecule has 0 amide bonds. The van der Waals surface area contributed by atoms with E-state index in [1.807, 2.05) is 12.2 Å². The first-order chi connectivity index (χ1) is 13.9. The van der Waals surface area contributed by atoms with E-state index in [-0.39, 0.29) is 34.5 Å². The predicted octanol–water partition coefficient (Wildman–Crippen LogP) is 5.39. The van der Waals surface area contributed by atoms with Gasteiger partial charge < -0.3 is 23.8 Å². The minimum Gasteiger partial charge on any atom is -0.411 e. The average molecular weight is 473 g/mol. The number of aliphatic hydroxyl groups is 2. The fraction of sp³-hybridized carbons (Fsp3) is 0.917. The lowest BCUT2D eigenvalue weighted by atomic mass is 9.92. The number of rotatable bonds is 4. The van der Waals surface area contributed by atoms with E-state index >= 15 is 0 Å². The minimum atomic E-state index is -2.01. The van der Waals surface area contributed by atoms with Crippen molar-refractivity contribution in [3.05, 3.63) is 12.2 Å². The molecule has 2 aliphatic heterocycles. The molecule has 2 heterocycles. The molecular formula is C24H48O5Si2. The van der Waals surface area contributed by atoms with Crippen LogP contribution in [-0.2, 0) is 13.6 Å². The van der Waals surface area contributed by atoms with Crippen LogP contribution in [0.15, 0.2) is 12.2 Å². The lowest BCUT2D eigenvalue weighted by Crippen LogP contribution is -2.57. The van der Waals surface area contributed by atoms with Gasteiger partial charge in [0.25, 0.3) is 0 Å². The molecule has 2 rings (SSSR count). The van der Waals surface area contributed by atoms with E-state index in [1.54, 1.807) is 0 Å². The number of hydrogen-bond acceptors (Lipinski definition) is 5. The molecular weight excluding hydrogens is 424 g/mol. The van der Waals surface area contributed by atoms with Gasteiger partial charge in [-0.3, -0.25) is 0 Å². The highest BCUT2D eigenvalue weighted by molar-refractivity contribution is 6.74. The van der Waals surface area contributed by atoms with Gasteiger partial charge in [-0.15, -0.1) is 0 Å². The van der Waals surface area contributed by atoms with Gasteiger partial charge in [-0.25, -0.2) is 0 Å². The lowest BCUT2D eigenvalue weighted by Gasteiger charge is -2.49. The maximum absolute atomic E-state index is 10.3. The highest BCUT2D eigenvalue weighted by Gasteiger charge is 2.48. The number of ether oxygens (including phenoxy) is 1. The topological polar surface area (TPSA) is 68.2 Å². The second-order valence-electron chi connectivity index (χ2n) is 12.6. The van der Waals surface area contributed by atoms with Gasteiger partial charge in [-0.1, -0.05) is 53.7 Å². The Bertz CT molecular complexity index is 620. The van der Waals surface area contributed by atoms with Crippen molar-refractivity contribution in [3.63, 3.8) is 0 Å². The van der Waals surface area contributed by atoms with Crippen molar-refractivity contribution >= 4 is 16.6 Å². The molecule has 0 radical (unpaired) electrons. The molecule has 1 saturated heterocycles. The summed E-state index contributed by atoms with van der Waals surface area (Å²) in [7, 11) is -4.01. The maximum Gasteiger partial charge on any atom is 0.192 e. The quantitative estimate of drug-likeness (QED) is 0.424. The molecule has 0 aromatic carbocycles. The molecule has 1 fully saturated rings. The Morgan fingerprint density at radius 1 is 0.806 bits per heavy atom. The van der Waals surface area contributed by atoms with E-state index in [0.717, 1.165) is 6.42 Å². The van der Waals surface area contributed by atoms with E-state index in [2.05, 4.69) is 67.7 Å². The van der Waals surface area contributed by atoms with E-state index in [0.29, 0.717) is 19.3 Å². The third-order valence-electron chi connectivity index (χ3n) is 7.98. The first kappa shape index (κ1) is 27.2. The molecule has 0 aromatic rings. The molecule has 2 N–H and O–H groups in total. The summed E-state index contributed by atoms with van der Waals surface area (Å²) in [4.78, 5) is 0. The van der Waals surface area contributed by atoms with Crippen molar-refractivity contribution in [3.8, 4) is 0 Å². The lowest BCUT2D eigenvalue weighted by molar-refractivity contribution is -0.149. The molecule has 6 atom stereocenters. The molecule has 31 heavy (non-hydrogen) atoms. The first-order valence-corrected chi connectivity index (χ1v) is 17.8. The van der Waals surface area contributed by atoms with Crippen LogP contribution in [0.5, 0.6) is 0 Å². The Morgan fingerprint density at radius 2 is 1.32 bits per heavy atom. The zero-order chi connectivity index (χ0) is 23.8. The molecule has 0 saturated carbocycles. The van der Waals surface area contributed by atoms with Crippen molar-refractivity contribution in [2.75, 3.05) is 0 Å². The first-order valence-electron chi connectivity index (χ1n) is 12.0. The van der Waals surface area contributed by atoms with Crippen LogP contribution < -0.4 is 0 Å². The van der Waals surface area contributed by atoms with Gasteiger partial charge in [0, 0.05) is 6.42 Å². The molecule has 2 bridgehead atoms. The van der Waals surface area contributed by atoms with E-state index in [1.165, 1.54) is 0 Å². The fourth-order valence-electron chi connectivity index (χ4n) is 3.70.